The summed E-state index contributed by atoms with van der Waals surface area (Å²) in [6.07, 6.45) is 5.12. The van der Waals surface area contributed by atoms with E-state index in [1.54, 1.807) is 24.5 Å². The van der Waals surface area contributed by atoms with Crippen molar-refractivity contribution >= 4 is 17.6 Å². The second kappa shape index (κ2) is 12.7. The Morgan fingerprint density at radius 1 is 0.800 bits per heavy atom. The van der Waals surface area contributed by atoms with Crippen LogP contribution in [0.1, 0.15) is 47.8 Å². The van der Waals surface area contributed by atoms with Crippen LogP contribution in [-0.2, 0) is 12.8 Å². The van der Waals surface area contributed by atoms with Crippen LogP contribution in [0.4, 0.5) is 4.39 Å². The highest BCUT2D eigenvalue weighted by Gasteiger charge is 2.24. The molecule has 0 atom stereocenters. The Balaban J connectivity index is 0.000000188. The number of primary amides is 1. The molecule has 204 valence electrons. The first-order valence-corrected chi connectivity index (χ1v) is 12.4. The predicted molar refractivity (Wildman–Crippen MR) is 147 cm³/mol. The van der Waals surface area contributed by atoms with E-state index in [9.17, 15) is 18.8 Å². The molecular formula is C31H28FN3O5. The lowest BCUT2D eigenvalue weighted by Gasteiger charge is -2.11. The van der Waals surface area contributed by atoms with Gasteiger partial charge in [0.2, 0.25) is 5.91 Å². The van der Waals surface area contributed by atoms with Gasteiger partial charge in [0.1, 0.15) is 11.3 Å². The van der Waals surface area contributed by atoms with E-state index in [2.05, 4.69) is 22.4 Å². The van der Waals surface area contributed by atoms with Crippen LogP contribution in [0, 0.1) is 5.82 Å². The van der Waals surface area contributed by atoms with Crippen molar-refractivity contribution in [1.29, 1.82) is 0 Å². The normalized spacial score (nSPS) is 12.0. The molecule has 0 bridgehead atoms. The van der Waals surface area contributed by atoms with Crippen LogP contribution in [0.25, 0.3) is 0 Å². The van der Waals surface area contributed by atoms with E-state index in [4.69, 9.17) is 15.2 Å². The zero-order valence-electron chi connectivity index (χ0n) is 22.0. The molecule has 1 aromatic heterocycles. The molecule has 40 heavy (non-hydrogen) atoms. The molecule has 1 heterocycles. The molecule has 9 heteroatoms. The number of nitrogens with one attached hydrogen (secondary N) is 1. The van der Waals surface area contributed by atoms with Gasteiger partial charge in [0.05, 0.1) is 14.2 Å². The molecular weight excluding hydrogens is 513 g/mol. The number of halogens is 1. The molecule has 0 unspecified atom stereocenters. The molecule has 0 saturated carbocycles. The number of carbonyl (C=O) groups is 3. The van der Waals surface area contributed by atoms with Gasteiger partial charge in [0, 0.05) is 35.1 Å². The summed E-state index contributed by atoms with van der Waals surface area (Å²) in [4.78, 5) is 39.5. The maximum Gasteiger partial charge on any atom is 0.251 e. The number of ether oxygens (including phenoxy) is 2. The highest BCUT2D eigenvalue weighted by atomic mass is 19.1. The van der Waals surface area contributed by atoms with Gasteiger partial charge in [-0.25, -0.2) is 4.39 Å². The van der Waals surface area contributed by atoms with Crippen LogP contribution in [0.15, 0.2) is 85.2 Å². The van der Waals surface area contributed by atoms with Gasteiger partial charge in [-0.1, -0.05) is 36.4 Å². The molecule has 5 rings (SSSR count). The highest BCUT2D eigenvalue weighted by molar-refractivity contribution is 6.11. The third-order valence-electron chi connectivity index (χ3n) is 6.50. The number of fused-ring (bicyclic) bond motifs is 1. The SMILES string of the molecule is COc1ccc(OC)c(C(=O)c2ccc(C(N)=O)cc2)c1F.O=C(NC1Cc2ccccc2C1)c1ccncc1. The van der Waals surface area contributed by atoms with Gasteiger partial charge in [0.25, 0.3) is 5.91 Å². The quantitative estimate of drug-likeness (QED) is 0.339. The van der Waals surface area contributed by atoms with E-state index >= 15 is 0 Å². The number of aromatic nitrogens is 1. The zero-order valence-corrected chi connectivity index (χ0v) is 22.0. The standard InChI is InChI=1S/C16H14FNO4.C15H14N2O/c1-21-11-7-8-12(22-2)14(17)13(11)15(19)9-3-5-10(6-4-9)16(18)20;18-15(11-5-7-16-8-6-11)17-14-9-12-3-1-2-4-13(12)10-14/h3-8H,1-2H3,(H2,18,20);1-8,14H,9-10H2,(H,17,18). The van der Waals surface area contributed by atoms with Crippen LogP contribution >= 0.6 is 0 Å². The van der Waals surface area contributed by atoms with E-state index in [1.165, 1.54) is 61.7 Å². The van der Waals surface area contributed by atoms with Gasteiger partial charge < -0.3 is 20.5 Å². The first-order chi connectivity index (χ1) is 19.3. The summed E-state index contributed by atoms with van der Waals surface area (Å²) in [7, 11) is 2.65. The Bertz CT molecular complexity index is 1500. The third kappa shape index (κ3) is 6.32. The minimum absolute atomic E-state index is 0.0183. The van der Waals surface area contributed by atoms with Gasteiger partial charge in [0.15, 0.2) is 17.3 Å². The van der Waals surface area contributed by atoms with Crippen molar-refractivity contribution in [1.82, 2.24) is 10.3 Å². The third-order valence-corrected chi connectivity index (χ3v) is 6.50. The number of methoxy groups -OCH3 is 2. The molecule has 8 nitrogen and oxygen atoms in total. The molecule has 1 aliphatic rings. The van der Waals surface area contributed by atoms with Gasteiger partial charge in [-0.3, -0.25) is 19.4 Å². The van der Waals surface area contributed by atoms with E-state index in [0.29, 0.717) is 5.56 Å². The van der Waals surface area contributed by atoms with Gasteiger partial charge in [-0.2, -0.15) is 0 Å². The van der Waals surface area contributed by atoms with Crippen LogP contribution < -0.4 is 20.5 Å². The topological polar surface area (TPSA) is 121 Å². The molecule has 0 spiro atoms. The monoisotopic (exact) mass is 541 g/mol. The van der Waals surface area contributed by atoms with Crippen molar-refractivity contribution in [2.75, 3.05) is 14.2 Å². The molecule has 0 radical (unpaired) electrons. The summed E-state index contributed by atoms with van der Waals surface area (Å²) in [5, 5.41) is 3.08. The zero-order chi connectivity index (χ0) is 28.6. The summed E-state index contributed by atoms with van der Waals surface area (Å²) < 4.78 is 24.3. The lowest BCUT2D eigenvalue weighted by atomic mass is 10.00. The average Bonchev–Trinajstić information content (AvgIpc) is 3.39. The Labute approximate surface area is 231 Å². The Hall–Kier alpha value is -5.05. The molecule has 1 aliphatic carbocycles. The largest absolute Gasteiger partial charge is 0.496 e. The van der Waals surface area contributed by atoms with E-state index in [-0.39, 0.29) is 40.1 Å². The Morgan fingerprint density at radius 2 is 1.35 bits per heavy atom. The van der Waals surface area contributed by atoms with Crippen LogP contribution in [0.2, 0.25) is 0 Å². The number of pyridine rings is 1. The second-order valence-corrected chi connectivity index (χ2v) is 9.01. The lowest BCUT2D eigenvalue weighted by Crippen LogP contribution is -2.35. The summed E-state index contributed by atoms with van der Waals surface area (Å²) in [5.41, 5.74) is 8.73. The fraction of sp³-hybridized carbons (Fsp3) is 0.161. The summed E-state index contributed by atoms with van der Waals surface area (Å²) in [6, 6.07) is 20.5. The number of hydrogen-bond acceptors (Lipinski definition) is 6. The number of hydrogen-bond donors (Lipinski definition) is 2. The molecule has 4 aromatic rings. The predicted octanol–water partition coefficient (Wildman–Crippen LogP) is 4.15. The average molecular weight is 542 g/mol. The van der Waals surface area contributed by atoms with Gasteiger partial charge >= 0.3 is 0 Å². The number of benzene rings is 3. The number of ketones is 1. The van der Waals surface area contributed by atoms with Crippen molar-refractivity contribution in [2.45, 2.75) is 18.9 Å². The number of carbonyl (C=O) groups excluding carboxylic acids is 3. The molecule has 3 N–H and O–H groups in total. The van der Waals surface area contributed by atoms with Gasteiger partial charge in [-0.15, -0.1) is 0 Å². The van der Waals surface area contributed by atoms with E-state index < -0.39 is 17.5 Å². The van der Waals surface area contributed by atoms with Crippen molar-refractivity contribution in [3.05, 3.63) is 124 Å². The number of amides is 2. The molecule has 0 fully saturated rings. The first-order valence-electron chi connectivity index (χ1n) is 12.4. The second-order valence-electron chi connectivity index (χ2n) is 9.01. The summed E-state index contributed by atoms with van der Waals surface area (Å²) in [6.45, 7) is 0. The van der Waals surface area contributed by atoms with E-state index in [1.807, 2.05) is 12.1 Å². The lowest BCUT2D eigenvalue weighted by molar-refractivity contribution is 0.0937. The summed E-state index contributed by atoms with van der Waals surface area (Å²) >= 11 is 0. The van der Waals surface area contributed by atoms with Crippen LogP contribution in [0.5, 0.6) is 11.5 Å². The van der Waals surface area contributed by atoms with Crippen LogP contribution in [0.3, 0.4) is 0 Å². The molecule has 3 aromatic carbocycles. The number of nitrogens with zero attached hydrogens (tertiary/aromatic N) is 1. The minimum Gasteiger partial charge on any atom is -0.496 e. The molecule has 0 aliphatic heterocycles. The number of rotatable bonds is 7. The Kier molecular flexibility index (Phi) is 8.86. The molecule has 0 saturated heterocycles. The van der Waals surface area contributed by atoms with Crippen LogP contribution in [-0.4, -0.2) is 42.8 Å². The van der Waals surface area contributed by atoms with Crippen molar-refractivity contribution in [3.8, 4) is 11.5 Å². The number of nitrogens with two attached hydrogens (primary N) is 1. The fourth-order valence-electron chi connectivity index (χ4n) is 4.44. The minimum atomic E-state index is -0.800. The van der Waals surface area contributed by atoms with Gasteiger partial charge in [-0.05, 0) is 60.4 Å². The van der Waals surface area contributed by atoms with Crippen molar-refractivity contribution < 1.29 is 28.2 Å². The fourth-order valence-corrected chi connectivity index (χ4v) is 4.44. The van der Waals surface area contributed by atoms with Crippen molar-refractivity contribution in [3.63, 3.8) is 0 Å². The maximum absolute atomic E-state index is 14.4. The smallest absolute Gasteiger partial charge is 0.251 e. The maximum atomic E-state index is 14.4. The highest BCUT2D eigenvalue weighted by Crippen LogP contribution is 2.31. The molecule has 2 amide bonds. The Morgan fingerprint density at radius 3 is 1.90 bits per heavy atom. The van der Waals surface area contributed by atoms with E-state index in [0.717, 1.165) is 12.8 Å². The van der Waals surface area contributed by atoms with Crippen molar-refractivity contribution in [2.24, 2.45) is 5.73 Å². The first kappa shape index (κ1) is 28.0. The summed E-state index contributed by atoms with van der Waals surface area (Å²) in [5.74, 6) is -1.96.